The Balaban J connectivity index is 1.91. The van der Waals surface area contributed by atoms with Crippen molar-refractivity contribution in [2.24, 2.45) is 0 Å². The summed E-state index contributed by atoms with van der Waals surface area (Å²) in [6.07, 6.45) is 1.88. The summed E-state index contributed by atoms with van der Waals surface area (Å²) in [7, 11) is 0. The highest BCUT2D eigenvalue weighted by Crippen LogP contribution is 2.22. The molecule has 86 valence electrons. The van der Waals surface area contributed by atoms with Crippen LogP contribution >= 0.6 is 11.3 Å². The molecular formula is C12H17N3S. The Hall–Kier alpha value is -1.13. The molecule has 0 aromatic carbocycles. The standard InChI is InChI=1S/C12H17N3S/c1-8-4-5-12(16-8)9(2)13-6-11-7-14-10(3)15-11/h4-5,7,9,13H,6H2,1-3H3,(H,14,15). The van der Waals surface area contributed by atoms with E-state index in [4.69, 9.17) is 0 Å². The molecule has 3 nitrogen and oxygen atoms in total. The Morgan fingerprint density at radius 3 is 2.81 bits per heavy atom. The summed E-state index contributed by atoms with van der Waals surface area (Å²) >= 11 is 1.85. The monoisotopic (exact) mass is 235 g/mol. The third-order valence-electron chi connectivity index (χ3n) is 2.54. The lowest BCUT2D eigenvalue weighted by molar-refractivity contribution is 0.576. The van der Waals surface area contributed by atoms with E-state index < -0.39 is 0 Å². The zero-order valence-corrected chi connectivity index (χ0v) is 10.7. The van der Waals surface area contributed by atoms with Crippen molar-refractivity contribution in [3.8, 4) is 0 Å². The van der Waals surface area contributed by atoms with Gasteiger partial charge in [-0.1, -0.05) is 0 Å². The van der Waals surface area contributed by atoms with Gasteiger partial charge >= 0.3 is 0 Å². The minimum absolute atomic E-state index is 0.391. The number of thiophene rings is 1. The Kier molecular flexibility index (Phi) is 3.41. The maximum Gasteiger partial charge on any atom is 0.103 e. The van der Waals surface area contributed by atoms with E-state index in [1.165, 1.54) is 9.75 Å². The fraction of sp³-hybridized carbons (Fsp3) is 0.417. The van der Waals surface area contributed by atoms with Crippen molar-refractivity contribution < 1.29 is 0 Å². The lowest BCUT2D eigenvalue weighted by Gasteiger charge is -2.10. The van der Waals surface area contributed by atoms with Crippen LogP contribution in [0.4, 0.5) is 0 Å². The Morgan fingerprint density at radius 2 is 2.25 bits per heavy atom. The molecule has 2 heterocycles. The Bertz CT molecular complexity index is 458. The summed E-state index contributed by atoms with van der Waals surface area (Å²) < 4.78 is 0. The minimum atomic E-state index is 0.391. The fourth-order valence-electron chi connectivity index (χ4n) is 1.61. The maximum absolute atomic E-state index is 4.18. The molecule has 0 saturated carbocycles. The number of rotatable bonds is 4. The van der Waals surface area contributed by atoms with Crippen molar-refractivity contribution in [2.75, 3.05) is 0 Å². The van der Waals surface area contributed by atoms with Gasteiger partial charge in [-0.05, 0) is 32.9 Å². The molecular weight excluding hydrogens is 218 g/mol. The molecule has 0 spiro atoms. The summed E-state index contributed by atoms with van der Waals surface area (Å²) in [6, 6.07) is 4.75. The Morgan fingerprint density at radius 1 is 1.44 bits per heavy atom. The van der Waals surface area contributed by atoms with Crippen LogP contribution in [0, 0.1) is 13.8 Å². The number of aryl methyl sites for hydroxylation is 2. The summed E-state index contributed by atoms with van der Waals surface area (Å²) in [5.41, 5.74) is 1.14. The fourth-order valence-corrected chi connectivity index (χ4v) is 2.52. The van der Waals surface area contributed by atoms with E-state index in [0.29, 0.717) is 6.04 Å². The third kappa shape index (κ3) is 2.71. The first-order chi connectivity index (χ1) is 7.65. The second kappa shape index (κ2) is 4.80. The number of imidazole rings is 1. The molecule has 0 radical (unpaired) electrons. The van der Waals surface area contributed by atoms with Crippen molar-refractivity contribution in [2.45, 2.75) is 33.4 Å². The van der Waals surface area contributed by atoms with Gasteiger partial charge in [0.15, 0.2) is 0 Å². The highest BCUT2D eigenvalue weighted by atomic mass is 32.1. The molecule has 0 aliphatic heterocycles. The van der Waals surface area contributed by atoms with Crippen molar-refractivity contribution >= 4 is 11.3 Å². The van der Waals surface area contributed by atoms with Gasteiger partial charge in [0.2, 0.25) is 0 Å². The lowest BCUT2D eigenvalue weighted by atomic mass is 10.2. The van der Waals surface area contributed by atoms with Crippen molar-refractivity contribution in [3.05, 3.63) is 39.6 Å². The molecule has 4 heteroatoms. The highest BCUT2D eigenvalue weighted by molar-refractivity contribution is 7.12. The molecule has 1 unspecified atom stereocenters. The van der Waals surface area contributed by atoms with Gasteiger partial charge in [-0.2, -0.15) is 0 Å². The van der Waals surface area contributed by atoms with E-state index in [0.717, 1.165) is 18.1 Å². The van der Waals surface area contributed by atoms with Gasteiger partial charge in [-0.3, -0.25) is 0 Å². The van der Waals surface area contributed by atoms with Crippen molar-refractivity contribution in [1.29, 1.82) is 0 Å². The van der Waals surface area contributed by atoms with Crippen molar-refractivity contribution in [3.63, 3.8) is 0 Å². The van der Waals surface area contributed by atoms with Gasteiger partial charge in [0.1, 0.15) is 5.82 Å². The van der Waals surface area contributed by atoms with Gasteiger partial charge < -0.3 is 10.3 Å². The smallest absolute Gasteiger partial charge is 0.103 e. The van der Waals surface area contributed by atoms with Crippen LogP contribution in [0.3, 0.4) is 0 Å². The average Bonchev–Trinajstić information content (AvgIpc) is 2.84. The molecule has 0 amide bonds. The molecule has 1 atom stereocenters. The number of hydrogen-bond acceptors (Lipinski definition) is 3. The second-order valence-corrected chi connectivity index (χ2v) is 5.36. The van der Waals surface area contributed by atoms with Crippen LogP contribution in [0.15, 0.2) is 18.3 Å². The topological polar surface area (TPSA) is 40.7 Å². The van der Waals surface area contributed by atoms with Gasteiger partial charge in [-0.15, -0.1) is 11.3 Å². The lowest BCUT2D eigenvalue weighted by Crippen LogP contribution is -2.17. The predicted molar refractivity (Wildman–Crippen MR) is 67.6 cm³/mol. The number of aromatic nitrogens is 2. The van der Waals surface area contributed by atoms with E-state index in [1.807, 2.05) is 24.5 Å². The van der Waals surface area contributed by atoms with E-state index in [2.05, 4.69) is 41.3 Å². The van der Waals surface area contributed by atoms with Crippen LogP contribution in [-0.4, -0.2) is 9.97 Å². The number of nitrogens with zero attached hydrogens (tertiary/aromatic N) is 1. The quantitative estimate of drug-likeness (QED) is 0.855. The molecule has 2 rings (SSSR count). The number of H-pyrrole nitrogens is 1. The Labute approximate surface area is 99.9 Å². The zero-order chi connectivity index (χ0) is 11.5. The highest BCUT2D eigenvalue weighted by Gasteiger charge is 2.07. The first-order valence-electron chi connectivity index (χ1n) is 5.45. The summed E-state index contributed by atoms with van der Waals surface area (Å²) in [4.78, 5) is 10.1. The van der Waals surface area contributed by atoms with E-state index in [9.17, 15) is 0 Å². The first kappa shape index (κ1) is 11.4. The summed E-state index contributed by atoms with van der Waals surface area (Å²) in [5, 5.41) is 3.48. The maximum atomic E-state index is 4.18. The van der Waals surface area contributed by atoms with E-state index >= 15 is 0 Å². The number of hydrogen-bond donors (Lipinski definition) is 2. The van der Waals surface area contributed by atoms with E-state index in [1.54, 1.807) is 0 Å². The van der Waals surface area contributed by atoms with Crippen LogP contribution < -0.4 is 5.32 Å². The third-order valence-corrected chi connectivity index (χ3v) is 3.73. The van der Waals surface area contributed by atoms with Crippen molar-refractivity contribution in [1.82, 2.24) is 15.3 Å². The number of nitrogens with one attached hydrogen (secondary N) is 2. The van der Waals surface area contributed by atoms with Gasteiger partial charge in [0.25, 0.3) is 0 Å². The van der Waals surface area contributed by atoms with Gasteiger partial charge in [-0.25, -0.2) is 4.98 Å². The second-order valence-electron chi connectivity index (χ2n) is 4.04. The van der Waals surface area contributed by atoms with Gasteiger partial charge in [0.05, 0.1) is 0 Å². The number of aromatic amines is 1. The molecule has 2 aromatic rings. The molecule has 0 saturated heterocycles. The molecule has 0 bridgehead atoms. The largest absolute Gasteiger partial charge is 0.345 e. The zero-order valence-electron chi connectivity index (χ0n) is 9.87. The van der Waals surface area contributed by atoms with E-state index in [-0.39, 0.29) is 0 Å². The average molecular weight is 235 g/mol. The SMILES string of the molecule is Cc1ncc(CNC(C)c2ccc(C)s2)[nH]1. The van der Waals surface area contributed by atoms with Crippen LogP contribution in [0.25, 0.3) is 0 Å². The van der Waals surface area contributed by atoms with Gasteiger partial charge in [0, 0.05) is 34.2 Å². The van der Waals surface area contributed by atoms with Crippen LogP contribution in [-0.2, 0) is 6.54 Å². The molecule has 0 fully saturated rings. The first-order valence-corrected chi connectivity index (χ1v) is 6.27. The molecule has 0 aliphatic carbocycles. The normalized spacial score (nSPS) is 12.9. The molecule has 2 aromatic heterocycles. The predicted octanol–water partition coefficient (Wildman–Crippen LogP) is 2.94. The summed E-state index contributed by atoms with van der Waals surface area (Å²) in [5.74, 6) is 0.969. The van der Waals surface area contributed by atoms with Crippen LogP contribution in [0.1, 0.15) is 34.2 Å². The molecule has 0 aliphatic rings. The van der Waals surface area contributed by atoms with Crippen LogP contribution in [0.5, 0.6) is 0 Å². The molecule has 16 heavy (non-hydrogen) atoms. The minimum Gasteiger partial charge on any atom is -0.345 e. The van der Waals surface area contributed by atoms with Crippen LogP contribution in [0.2, 0.25) is 0 Å². The summed E-state index contributed by atoms with van der Waals surface area (Å²) in [6.45, 7) is 7.13. The molecule has 2 N–H and O–H groups in total.